The van der Waals surface area contributed by atoms with E-state index in [2.05, 4.69) is 26.0 Å². The van der Waals surface area contributed by atoms with E-state index < -0.39 is 0 Å². The summed E-state index contributed by atoms with van der Waals surface area (Å²) in [5, 5.41) is 5.72. The molecule has 4 nitrogen and oxygen atoms in total. The van der Waals surface area contributed by atoms with Crippen molar-refractivity contribution < 1.29 is 4.74 Å². The number of rotatable bonds is 5. The van der Waals surface area contributed by atoms with Crippen molar-refractivity contribution in [3.63, 3.8) is 0 Å². The molecule has 6 heteroatoms. The lowest BCUT2D eigenvalue weighted by atomic mass is 10.3. The maximum absolute atomic E-state index is 6.31. The van der Waals surface area contributed by atoms with Crippen LogP contribution in [0.25, 0.3) is 0 Å². The van der Waals surface area contributed by atoms with Gasteiger partial charge in [-0.2, -0.15) is 5.10 Å². The van der Waals surface area contributed by atoms with E-state index in [1.165, 1.54) is 0 Å². The van der Waals surface area contributed by atoms with E-state index in [0.29, 0.717) is 17.0 Å². The Hall–Kier alpha value is -1.07. The van der Waals surface area contributed by atoms with Crippen LogP contribution in [-0.4, -0.2) is 14.8 Å². The third kappa shape index (κ3) is 3.15. The number of hydrogen-bond acceptors (Lipinski definition) is 3. The summed E-state index contributed by atoms with van der Waals surface area (Å²) >= 11 is 9.73. The van der Waals surface area contributed by atoms with Crippen molar-refractivity contribution in [3.05, 3.63) is 39.9 Å². The number of pyridine rings is 1. The Morgan fingerprint density at radius 1 is 1.35 bits per heavy atom. The minimum Gasteiger partial charge on any atom is -0.485 e. The molecule has 20 heavy (non-hydrogen) atoms. The monoisotopic (exact) mass is 357 g/mol. The van der Waals surface area contributed by atoms with E-state index >= 15 is 0 Å². The summed E-state index contributed by atoms with van der Waals surface area (Å²) in [5.74, 6) is 0.766. The standard InChI is InChI=1S/C14H17BrClN3O/c1-4-10-14(16)12(19(3)18-10)8-20-13-6-5-9(2)17-11(13)7-15/h5-6H,4,7-8H2,1-3H3. The predicted molar refractivity (Wildman–Crippen MR) is 83.5 cm³/mol. The van der Waals surface area contributed by atoms with Gasteiger partial charge in [0.15, 0.2) is 0 Å². The van der Waals surface area contributed by atoms with Gasteiger partial charge in [-0.15, -0.1) is 0 Å². The smallest absolute Gasteiger partial charge is 0.142 e. The molecular weight excluding hydrogens is 342 g/mol. The summed E-state index contributed by atoms with van der Waals surface area (Å²) in [6, 6.07) is 3.87. The van der Waals surface area contributed by atoms with Gasteiger partial charge in [0.05, 0.1) is 22.1 Å². The van der Waals surface area contributed by atoms with Crippen LogP contribution >= 0.6 is 27.5 Å². The van der Waals surface area contributed by atoms with Crippen molar-refractivity contribution >= 4 is 27.5 Å². The van der Waals surface area contributed by atoms with Gasteiger partial charge in [0, 0.05) is 18.1 Å². The van der Waals surface area contributed by atoms with Crippen molar-refractivity contribution in [2.75, 3.05) is 0 Å². The molecule has 0 aromatic carbocycles. The van der Waals surface area contributed by atoms with Crippen molar-refractivity contribution in [1.82, 2.24) is 14.8 Å². The summed E-state index contributed by atoms with van der Waals surface area (Å²) in [5.41, 5.74) is 3.64. The summed E-state index contributed by atoms with van der Waals surface area (Å²) in [7, 11) is 1.88. The number of ether oxygens (including phenoxy) is 1. The first-order valence-electron chi connectivity index (χ1n) is 6.42. The van der Waals surface area contributed by atoms with Gasteiger partial charge in [-0.05, 0) is 25.5 Å². The number of hydrogen-bond donors (Lipinski definition) is 0. The highest BCUT2D eigenvalue weighted by molar-refractivity contribution is 9.08. The third-order valence-corrected chi connectivity index (χ3v) is 4.03. The highest BCUT2D eigenvalue weighted by Crippen LogP contribution is 2.24. The van der Waals surface area contributed by atoms with Crippen LogP contribution in [0.3, 0.4) is 0 Å². The molecule has 0 saturated carbocycles. The van der Waals surface area contributed by atoms with Crippen LogP contribution in [0.15, 0.2) is 12.1 Å². The van der Waals surface area contributed by atoms with Gasteiger partial charge in [0.1, 0.15) is 12.4 Å². The molecule has 2 rings (SSSR count). The largest absolute Gasteiger partial charge is 0.485 e. The Balaban J connectivity index is 2.19. The van der Waals surface area contributed by atoms with Crippen LogP contribution < -0.4 is 4.74 Å². The summed E-state index contributed by atoms with van der Waals surface area (Å²) in [4.78, 5) is 4.44. The average Bonchev–Trinajstić information content (AvgIpc) is 2.72. The lowest BCUT2D eigenvalue weighted by Gasteiger charge is -2.10. The molecule has 0 radical (unpaired) electrons. The van der Waals surface area contributed by atoms with Crippen molar-refractivity contribution in [1.29, 1.82) is 0 Å². The van der Waals surface area contributed by atoms with E-state index in [1.807, 2.05) is 33.0 Å². The number of aromatic nitrogens is 3. The quantitative estimate of drug-likeness (QED) is 0.763. The van der Waals surface area contributed by atoms with Gasteiger partial charge < -0.3 is 4.74 Å². The van der Waals surface area contributed by atoms with E-state index in [9.17, 15) is 0 Å². The van der Waals surface area contributed by atoms with E-state index in [1.54, 1.807) is 4.68 Å². The molecule has 2 aromatic rings. The molecule has 0 atom stereocenters. The Morgan fingerprint density at radius 2 is 2.10 bits per heavy atom. The minimum atomic E-state index is 0.382. The van der Waals surface area contributed by atoms with Crippen LogP contribution in [0.5, 0.6) is 5.75 Å². The fraction of sp³-hybridized carbons (Fsp3) is 0.429. The zero-order valence-corrected chi connectivity index (χ0v) is 14.1. The maximum atomic E-state index is 6.31. The Morgan fingerprint density at radius 3 is 2.70 bits per heavy atom. The fourth-order valence-corrected chi connectivity index (χ4v) is 2.70. The second kappa shape index (κ2) is 6.59. The lowest BCUT2D eigenvalue weighted by molar-refractivity contribution is 0.291. The van der Waals surface area contributed by atoms with Crippen molar-refractivity contribution in [2.45, 2.75) is 32.2 Å². The summed E-state index contributed by atoms with van der Waals surface area (Å²) < 4.78 is 7.63. The van der Waals surface area contributed by atoms with Gasteiger partial charge >= 0.3 is 0 Å². The van der Waals surface area contributed by atoms with Crippen LogP contribution in [-0.2, 0) is 25.4 Å². The lowest BCUT2D eigenvalue weighted by Crippen LogP contribution is -2.05. The highest BCUT2D eigenvalue weighted by Gasteiger charge is 2.14. The van der Waals surface area contributed by atoms with E-state index in [-0.39, 0.29) is 0 Å². The van der Waals surface area contributed by atoms with Gasteiger partial charge in [-0.1, -0.05) is 34.5 Å². The van der Waals surface area contributed by atoms with Crippen LogP contribution in [0.4, 0.5) is 0 Å². The Bertz CT molecular complexity index is 613. The van der Waals surface area contributed by atoms with Crippen LogP contribution in [0.1, 0.15) is 29.7 Å². The molecule has 0 saturated heterocycles. The molecule has 0 aliphatic rings. The molecule has 0 fully saturated rings. The number of halogens is 2. The predicted octanol–water partition coefficient (Wildman–Crippen LogP) is 3.81. The number of alkyl halides is 1. The van der Waals surface area contributed by atoms with Crippen LogP contribution in [0.2, 0.25) is 5.02 Å². The molecule has 2 aromatic heterocycles. The molecule has 0 bridgehead atoms. The zero-order valence-electron chi connectivity index (χ0n) is 11.8. The summed E-state index contributed by atoms with van der Waals surface area (Å²) in [6.45, 7) is 4.38. The van der Waals surface area contributed by atoms with Crippen molar-refractivity contribution in [2.24, 2.45) is 7.05 Å². The molecule has 0 N–H and O–H groups in total. The summed E-state index contributed by atoms with van der Waals surface area (Å²) in [6.07, 6.45) is 0.811. The van der Waals surface area contributed by atoms with Crippen LogP contribution in [0, 0.1) is 6.92 Å². The molecule has 0 aliphatic heterocycles. The minimum absolute atomic E-state index is 0.382. The first-order valence-corrected chi connectivity index (χ1v) is 7.92. The first kappa shape index (κ1) is 15.3. The molecule has 0 unspecified atom stereocenters. The second-order valence-electron chi connectivity index (χ2n) is 4.50. The van der Waals surface area contributed by atoms with Gasteiger partial charge in [0.25, 0.3) is 0 Å². The van der Waals surface area contributed by atoms with Gasteiger partial charge in [-0.3, -0.25) is 9.67 Å². The normalized spacial score (nSPS) is 10.8. The molecule has 0 spiro atoms. The first-order chi connectivity index (χ1) is 9.56. The number of aryl methyl sites for hydroxylation is 3. The SMILES string of the molecule is CCc1nn(C)c(COc2ccc(C)nc2CBr)c1Cl. The average molecular weight is 359 g/mol. The highest BCUT2D eigenvalue weighted by atomic mass is 79.9. The number of nitrogens with zero attached hydrogens (tertiary/aromatic N) is 3. The van der Waals surface area contributed by atoms with E-state index in [0.717, 1.165) is 34.9 Å². The Labute approximate surface area is 132 Å². The maximum Gasteiger partial charge on any atom is 0.142 e. The van der Waals surface area contributed by atoms with Crippen molar-refractivity contribution in [3.8, 4) is 5.75 Å². The zero-order chi connectivity index (χ0) is 14.7. The molecular formula is C14H17BrClN3O. The van der Waals surface area contributed by atoms with Gasteiger partial charge in [0.2, 0.25) is 0 Å². The van der Waals surface area contributed by atoms with E-state index in [4.69, 9.17) is 16.3 Å². The molecule has 108 valence electrons. The molecule has 2 heterocycles. The Kier molecular flexibility index (Phi) is 5.05. The molecule has 0 aliphatic carbocycles. The second-order valence-corrected chi connectivity index (χ2v) is 5.44. The third-order valence-electron chi connectivity index (χ3n) is 3.07. The molecule has 0 amide bonds. The topological polar surface area (TPSA) is 39.9 Å². The fourth-order valence-electron chi connectivity index (χ4n) is 1.95. The van der Waals surface area contributed by atoms with Gasteiger partial charge in [-0.25, -0.2) is 0 Å².